The van der Waals surface area contributed by atoms with E-state index in [9.17, 15) is 0 Å². The minimum Gasteiger partial charge on any atom is -0.408 e. The Labute approximate surface area is 117 Å². The lowest BCUT2D eigenvalue weighted by Gasteiger charge is -2.18. The predicted octanol–water partition coefficient (Wildman–Crippen LogP) is 1.78. The highest BCUT2D eigenvalue weighted by Crippen LogP contribution is 2.33. The maximum absolute atomic E-state index is 5.86. The minimum absolute atomic E-state index is 0.0291. The second-order valence-electron chi connectivity index (χ2n) is 4.92. The van der Waals surface area contributed by atoms with Crippen LogP contribution in [-0.2, 0) is 11.3 Å². The number of ether oxygens (including phenoxy) is 1. The number of nitrogens with zero attached hydrogens (tertiary/aromatic N) is 4. The van der Waals surface area contributed by atoms with Crippen LogP contribution in [0.1, 0.15) is 31.2 Å². The van der Waals surface area contributed by atoms with Crippen molar-refractivity contribution in [2.45, 2.75) is 32.9 Å². The second kappa shape index (κ2) is 5.62. The number of imidazole rings is 1. The van der Waals surface area contributed by atoms with Gasteiger partial charge in [-0.2, -0.15) is 0 Å². The molecule has 1 fully saturated rings. The van der Waals surface area contributed by atoms with Crippen LogP contribution in [0, 0.1) is 12.8 Å². The molecule has 1 saturated heterocycles. The molecular weight excluding hydrogens is 258 g/mol. The van der Waals surface area contributed by atoms with E-state index in [2.05, 4.69) is 32.0 Å². The second-order valence-corrected chi connectivity index (χ2v) is 4.92. The first-order valence-corrected chi connectivity index (χ1v) is 6.94. The molecule has 0 amide bonds. The summed E-state index contributed by atoms with van der Waals surface area (Å²) in [7, 11) is 0. The first-order chi connectivity index (χ1) is 9.78. The van der Waals surface area contributed by atoms with E-state index in [4.69, 9.17) is 9.15 Å². The Morgan fingerprint density at radius 2 is 2.35 bits per heavy atom. The highest BCUT2D eigenvalue weighted by atomic mass is 16.5. The Bertz CT molecular complexity index is 565. The Balaban J connectivity index is 1.66. The van der Waals surface area contributed by atoms with E-state index in [0.29, 0.717) is 17.8 Å². The van der Waals surface area contributed by atoms with Gasteiger partial charge in [-0.25, -0.2) is 4.98 Å². The molecular formula is C13H19N5O2. The summed E-state index contributed by atoms with van der Waals surface area (Å²) in [5, 5.41) is 10.9. The zero-order valence-electron chi connectivity index (χ0n) is 11.7. The fourth-order valence-electron chi connectivity index (χ4n) is 2.56. The van der Waals surface area contributed by atoms with Gasteiger partial charge in [0.15, 0.2) is 0 Å². The Kier molecular flexibility index (Phi) is 3.68. The van der Waals surface area contributed by atoms with E-state index in [1.807, 2.05) is 12.4 Å². The molecule has 0 spiro atoms. The van der Waals surface area contributed by atoms with Gasteiger partial charge < -0.3 is 19.0 Å². The largest absolute Gasteiger partial charge is 0.408 e. The van der Waals surface area contributed by atoms with Crippen molar-refractivity contribution in [3.8, 4) is 0 Å². The number of anilines is 1. The molecule has 108 valence electrons. The molecule has 3 rings (SSSR count). The van der Waals surface area contributed by atoms with Gasteiger partial charge in [0.2, 0.25) is 5.89 Å². The van der Waals surface area contributed by atoms with Crippen LogP contribution in [0.5, 0.6) is 0 Å². The molecule has 1 aliphatic heterocycles. The summed E-state index contributed by atoms with van der Waals surface area (Å²) in [6.07, 6.45) is 4.85. The van der Waals surface area contributed by atoms with Crippen molar-refractivity contribution in [1.82, 2.24) is 19.7 Å². The van der Waals surface area contributed by atoms with Gasteiger partial charge in [-0.15, -0.1) is 5.10 Å². The molecule has 2 aromatic heterocycles. The molecule has 0 radical (unpaired) electrons. The highest BCUT2D eigenvalue weighted by molar-refractivity contribution is 5.17. The molecule has 7 heteroatoms. The summed E-state index contributed by atoms with van der Waals surface area (Å²) >= 11 is 0. The maximum atomic E-state index is 5.86. The van der Waals surface area contributed by atoms with E-state index in [1.165, 1.54) is 0 Å². The number of nitrogens with one attached hydrogen (secondary N) is 1. The number of hydrogen-bond donors (Lipinski definition) is 1. The number of hydrogen-bond acceptors (Lipinski definition) is 6. The zero-order chi connectivity index (χ0) is 13.9. The third-order valence-electron chi connectivity index (χ3n) is 3.60. The van der Waals surface area contributed by atoms with Gasteiger partial charge in [0.25, 0.3) is 0 Å². The van der Waals surface area contributed by atoms with Gasteiger partial charge >= 0.3 is 6.01 Å². The van der Waals surface area contributed by atoms with Crippen LogP contribution in [0.3, 0.4) is 0 Å². The molecule has 0 aromatic carbocycles. The van der Waals surface area contributed by atoms with Gasteiger partial charge in [-0.1, -0.05) is 5.10 Å². The minimum atomic E-state index is 0.0291. The molecule has 20 heavy (non-hydrogen) atoms. The number of rotatable bonds is 5. The third kappa shape index (κ3) is 2.53. The summed E-state index contributed by atoms with van der Waals surface area (Å²) < 4.78 is 13.3. The average Bonchev–Trinajstić information content (AvgIpc) is 3.15. The Morgan fingerprint density at radius 3 is 3.10 bits per heavy atom. The Morgan fingerprint density at radius 1 is 1.45 bits per heavy atom. The van der Waals surface area contributed by atoms with E-state index < -0.39 is 0 Å². The van der Waals surface area contributed by atoms with Gasteiger partial charge in [0.1, 0.15) is 11.9 Å². The molecule has 0 saturated carbocycles. The smallest absolute Gasteiger partial charge is 0.315 e. The van der Waals surface area contributed by atoms with E-state index in [0.717, 1.165) is 31.9 Å². The summed E-state index contributed by atoms with van der Waals surface area (Å²) in [6, 6.07) is 0.465. The van der Waals surface area contributed by atoms with Crippen LogP contribution in [-0.4, -0.2) is 32.9 Å². The first kappa shape index (κ1) is 13.1. The Hall–Kier alpha value is -1.89. The van der Waals surface area contributed by atoms with Crippen molar-refractivity contribution in [2.75, 3.05) is 18.5 Å². The summed E-state index contributed by atoms with van der Waals surface area (Å²) in [4.78, 5) is 4.44. The highest BCUT2D eigenvalue weighted by Gasteiger charge is 2.32. The topological polar surface area (TPSA) is 78.0 Å². The summed E-state index contributed by atoms with van der Waals surface area (Å²) in [6.45, 7) is 6.28. The van der Waals surface area contributed by atoms with Crippen LogP contribution in [0.2, 0.25) is 0 Å². The SMILES string of the molecule is CCn1ccnc1[C@@H]1OCC[C@H]1CNc1nnc(C)o1. The van der Waals surface area contributed by atoms with Crippen LogP contribution in [0.25, 0.3) is 0 Å². The quantitative estimate of drug-likeness (QED) is 0.897. The lowest BCUT2D eigenvalue weighted by molar-refractivity contribution is 0.0831. The van der Waals surface area contributed by atoms with Crippen LogP contribution in [0.15, 0.2) is 16.8 Å². The van der Waals surface area contributed by atoms with Gasteiger partial charge in [0, 0.05) is 44.9 Å². The van der Waals surface area contributed by atoms with Gasteiger partial charge in [-0.05, 0) is 13.3 Å². The first-order valence-electron chi connectivity index (χ1n) is 6.94. The fraction of sp³-hybridized carbons (Fsp3) is 0.615. The van der Waals surface area contributed by atoms with Crippen LogP contribution in [0.4, 0.5) is 6.01 Å². The summed E-state index contributed by atoms with van der Waals surface area (Å²) in [5.74, 6) is 1.92. The van der Waals surface area contributed by atoms with Crippen molar-refractivity contribution in [3.05, 3.63) is 24.1 Å². The lowest BCUT2D eigenvalue weighted by Crippen LogP contribution is -2.20. The van der Waals surface area contributed by atoms with Gasteiger partial charge in [-0.3, -0.25) is 0 Å². The van der Waals surface area contributed by atoms with Crippen molar-refractivity contribution in [1.29, 1.82) is 0 Å². The zero-order valence-corrected chi connectivity index (χ0v) is 11.7. The maximum Gasteiger partial charge on any atom is 0.315 e. The third-order valence-corrected chi connectivity index (χ3v) is 3.60. The molecule has 0 aliphatic carbocycles. The molecule has 1 N–H and O–H groups in total. The monoisotopic (exact) mass is 277 g/mol. The standard InChI is InChI=1S/C13H19N5O2/c1-3-18-6-5-14-12(18)11-10(4-7-19-11)8-15-13-17-16-9(2)20-13/h5-6,10-11H,3-4,7-8H2,1-2H3,(H,15,17)/t10-,11+/m0/s1. The van der Waals surface area contributed by atoms with Crippen LogP contribution < -0.4 is 5.32 Å². The van der Waals surface area contributed by atoms with Crippen LogP contribution >= 0.6 is 0 Å². The molecule has 0 unspecified atom stereocenters. The van der Waals surface area contributed by atoms with E-state index in [-0.39, 0.29) is 6.10 Å². The van der Waals surface area contributed by atoms with E-state index >= 15 is 0 Å². The molecule has 2 atom stereocenters. The molecule has 0 bridgehead atoms. The van der Waals surface area contributed by atoms with Crippen molar-refractivity contribution in [3.63, 3.8) is 0 Å². The number of aryl methyl sites for hydroxylation is 2. The van der Waals surface area contributed by atoms with Crippen molar-refractivity contribution in [2.24, 2.45) is 5.92 Å². The molecule has 2 aromatic rings. The fourth-order valence-corrected chi connectivity index (χ4v) is 2.56. The molecule has 1 aliphatic rings. The normalized spacial score (nSPS) is 22.3. The lowest BCUT2D eigenvalue weighted by atomic mass is 10.0. The van der Waals surface area contributed by atoms with Gasteiger partial charge in [0.05, 0.1) is 0 Å². The van der Waals surface area contributed by atoms with E-state index in [1.54, 1.807) is 6.92 Å². The number of aromatic nitrogens is 4. The summed E-state index contributed by atoms with van der Waals surface area (Å²) in [5.41, 5.74) is 0. The average molecular weight is 277 g/mol. The molecule has 3 heterocycles. The predicted molar refractivity (Wildman–Crippen MR) is 72.2 cm³/mol. The van der Waals surface area contributed by atoms with Crippen molar-refractivity contribution >= 4 is 6.01 Å². The molecule has 7 nitrogen and oxygen atoms in total. The van der Waals surface area contributed by atoms with Crippen molar-refractivity contribution < 1.29 is 9.15 Å².